The topological polar surface area (TPSA) is 29.5 Å². The zero-order valence-electron chi connectivity index (χ0n) is 15.2. The number of rotatable bonds is 6. The molecule has 3 heteroatoms. The standard InChI is InChI=1S/C21H27IO2/c1-6-13(3)15-9-8-10-16(14(4)7-2)19(15)20-18(24-5)12-11-17(23)21(20)22/h8-14,23H,6-7H2,1-5H3. The first-order chi connectivity index (χ1) is 11.5. The lowest BCUT2D eigenvalue weighted by Gasteiger charge is -2.24. The summed E-state index contributed by atoms with van der Waals surface area (Å²) in [5, 5.41) is 10.3. The summed E-state index contributed by atoms with van der Waals surface area (Å²) in [5.41, 5.74) is 4.91. The lowest BCUT2D eigenvalue weighted by atomic mass is 9.82. The third-order valence-electron chi connectivity index (χ3n) is 4.97. The molecule has 0 aliphatic rings. The van der Waals surface area contributed by atoms with Gasteiger partial charge in [-0.3, -0.25) is 0 Å². The number of benzene rings is 2. The van der Waals surface area contributed by atoms with E-state index < -0.39 is 0 Å². The molecule has 0 bridgehead atoms. The zero-order chi connectivity index (χ0) is 17.9. The first-order valence-electron chi connectivity index (χ1n) is 8.64. The molecule has 1 N–H and O–H groups in total. The first kappa shape index (κ1) is 19.1. The Balaban J connectivity index is 2.88. The number of aromatic hydroxyl groups is 1. The number of phenolic OH excluding ortho intramolecular Hbond substituents is 1. The minimum atomic E-state index is 0.306. The van der Waals surface area contributed by atoms with Crippen molar-refractivity contribution >= 4 is 22.6 Å². The van der Waals surface area contributed by atoms with Crippen molar-refractivity contribution < 1.29 is 9.84 Å². The normalized spacial score (nSPS) is 13.6. The molecule has 0 aliphatic heterocycles. The first-order valence-corrected chi connectivity index (χ1v) is 9.72. The van der Waals surface area contributed by atoms with Crippen LogP contribution in [0.2, 0.25) is 0 Å². The van der Waals surface area contributed by atoms with Crippen molar-refractivity contribution in [2.45, 2.75) is 52.4 Å². The summed E-state index contributed by atoms with van der Waals surface area (Å²) < 4.78 is 6.51. The van der Waals surface area contributed by atoms with Crippen molar-refractivity contribution in [2.24, 2.45) is 0 Å². The van der Waals surface area contributed by atoms with Crippen molar-refractivity contribution in [1.82, 2.24) is 0 Å². The van der Waals surface area contributed by atoms with Crippen LogP contribution < -0.4 is 4.74 Å². The lowest BCUT2D eigenvalue weighted by Crippen LogP contribution is -2.04. The summed E-state index contributed by atoms with van der Waals surface area (Å²) in [6.45, 7) is 8.97. The van der Waals surface area contributed by atoms with Crippen LogP contribution in [0.4, 0.5) is 0 Å². The Morgan fingerprint density at radius 3 is 1.96 bits per heavy atom. The van der Waals surface area contributed by atoms with Gasteiger partial charge in [0.1, 0.15) is 11.5 Å². The number of hydrogen-bond acceptors (Lipinski definition) is 2. The molecule has 0 heterocycles. The van der Waals surface area contributed by atoms with Crippen LogP contribution in [0.3, 0.4) is 0 Å². The molecule has 2 aromatic rings. The highest BCUT2D eigenvalue weighted by Gasteiger charge is 2.23. The minimum absolute atomic E-state index is 0.306. The van der Waals surface area contributed by atoms with Gasteiger partial charge in [-0.15, -0.1) is 0 Å². The quantitative estimate of drug-likeness (QED) is 0.509. The van der Waals surface area contributed by atoms with E-state index in [-0.39, 0.29) is 0 Å². The average Bonchev–Trinajstić information content (AvgIpc) is 2.61. The van der Waals surface area contributed by atoms with Crippen LogP contribution in [-0.2, 0) is 0 Å². The van der Waals surface area contributed by atoms with Crippen LogP contribution in [0.5, 0.6) is 11.5 Å². The van der Waals surface area contributed by atoms with Crippen molar-refractivity contribution in [2.75, 3.05) is 7.11 Å². The second kappa shape index (κ2) is 8.24. The van der Waals surface area contributed by atoms with Gasteiger partial charge in [-0.2, -0.15) is 0 Å². The van der Waals surface area contributed by atoms with Crippen molar-refractivity contribution in [3.8, 4) is 22.6 Å². The van der Waals surface area contributed by atoms with Gasteiger partial charge in [0.15, 0.2) is 0 Å². The van der Waals surface area contributed by atoms with Crippen LogP contribution in [0, 0.1) is 3.57 Å². The Labute approximate surface area is 159 Å². The van der Waals surface area contributed by atoms with E-state index >= 15 is 0 Å². The van der Waals surface area contributed by atoms with Gasteiger partial charge >= 0.3 is 0 Å². The van der Waals surface area contributed by atoms with Crippen LogP contribution in [-0.4, -0.2) is 12.2 Å². The Morgan fingerprint density at radius 2 is 1.50 bits per heavy atom. The van der Waals surface area contributed by atoms with Gasteiger partial charge in [0.05, 0.1) is 10.7 Å². The largest absolute Gasteiger partial charge is 0.507 e. The van der Waals surface area contributed by atoms with E-state index in [4.69, 9.17) is 4.74 Å². The van der Waals surface area contributed by atoms with Crippen molar-refractivity contribution in [3.63, 3.8) is 0 Å². The molecular weight excluding hydrogens is 411 g/mol. The fourth-order valence-electron chi connectivity index (χ4n) is 3.09. The van der Waals surface area contributed by atoms with Crippen molar-refractivity contribution in [1.29, 1.82) is 0 Å². The SMILES string of the molecule is CCC(C)c1cccc(C(C)CC)c1-c1c(OC)ccc(O)c1I. The molecular formula is C21H27IO2. The fraction of sp³-hybridized carbons (Fsp3) is 0.429. The summed E-state index contributed by atoms with van der Waals surface area (Å²) in [6, 6.07) is 10.2. The highest BCUT2D eigenvalue weighted by atomic mass is 127. The third kappa shape index (κ3) is 3.56. The van der Waals surface area contributed by atoms with E-state index in [2.05, 4.69) is 68.5 Å². The number of phenols is 1. The molecule has 24 heavy (non-hydrogen) atoms. The van der Waals surface area contributed by atoms with Gasteiger partial charge in [0, 0.05) is 5.56 Å². The predicted octanol–water partition coefficient (Wildman–Crippen LogP) is 6.70. The molecule has 2 atom stereocenters. The smallest absolute Gasteiger partial charge is 0.129 e. The van der Waals surface area contributed by atoms with E-state index in [1.54, 1.807) is 13.2 Å². The molecule has 0 spiro atoms. The molecule has 2 rings (SSSR count). The van der Waals surface area contributed by atoms with Crippen LogP contribution in [0.25, 0.3) is 11.1 Å². The minimum Gasteiger partial charge on any atom is -0.507 e. The second-order valence-electron chi connectivity index (χ2n) is 6.41. The van der Waals surface area contributed by atoms with Crippen LogP contribution >= 0.6 is 22.6 Å². The van der Waals surface area contributed by atoms with E-state index in [1.807, 2.05) is 6.07 Å². The summed E-state index contributed by atoms with van der Waals surface area (Å²) in [7, 11) is 1.70. The molecule has 0 fully saturated rings. The molecule has 0 saturated heterocycles. The summed E-state index contributed by atoms with van der Waals surface area (Å²) >= 11 is 2.23. The van der Waals surface area contributed by atoms with Gasteiger partial charge in [0.2, 0.25) is 0 Å². The number of hydrogen-bond donors (Lipinski definition) is 1. The maximum absolute atomic E-state index is 10.3. The maximum atomic E-state index is 10.3. The Morgan fingerprint density at radius 1 is 0.958 bits per heavy atom. The molecule has 0 aromatic heterocycles. The lowest BCUT2D eigenvalue weighted by molar-refractivity contribution is 0.413. The summed E-state index contributed by atoms with van der Waals surface area (Å²) in [4.78, 5) is 0. The number of ether oxygens (including phenoxy) is 1. The van der Waals surface area contributed by atoms with E-state index in [9.17, 15) is 5.11 Å². The van der Waals surface area contributed by atoms with Gasteiger partial charge in [-0.05, 0) is 76.1 Å². The van der Waals surface area contributed by atoms with Gasteiger partial charge < -0.3 is 9.84 Å². The van der Waals surface area contributed by atoms with E-state index in [0.717, 1.165) is 27.7 Å². The van der Waals surface area contributed by atoms with Crippen LogP contribution in [0.1, 0.15) is 63.5 Å². The molecule has 0 radical (unpaired) electrons. The molecule has 2 unspecified atom stereocenters. The highest BCUT2D eigenvalue weighted by Crippen LogP contribution is 2.46. The molecule has 0 amide bonds. The summed E-state index contributed by atoms with van der Waals surface area (Å²) in [5.74, 6) is 2.02. The predicted molar refractivity (Wildman–Crippen MR) is 110 cm³/mol. The molecule has 0 saturated carbocycles. The Hall–Kier alpha value is -1.23. The molecule has 130 valence electrons. The maximum Gasteiger partial charge on any atom is 0.129 e. The molecule has 2 aromatic carbocycles. The third-order valence-corrected chi connectivity index (χ3v) is 6.06. The second-order valence-corrected chi connectivity index (χ2v) is 7.48. The zero-order valence-corrected chi connectivity index (χ0v) is 17.3. The van der Waals surface area contributed by atoms with Crippen LogP contribution in [0.15, 0.2) is 30.3 Å². The summed E-state index contributed by atoms with van der Waals surface area (Å²) in [6.07, 6.45) is 2.16. The Kier molecular flexibility index (Phi) is 6.55. The Bertz CT molecular complexity index is 681. The average molecular weight is 438 g/mol. The van der Waals surface area contributed by atoms with Crippen molar-refractivity contribution in [3.05, 3.63) is 45.0 Å². The highest BCUT2D eigenvalue weighted by molar-refractivity contribution is 14.1. The number of halogens is 1. The van der Waals surface area contributed by atoms with Gasteiger partial charge in [0.25, 0.3) is 0 Å². The molecule has 2 nitrogen and oxygen atoms in total. The monoisotopic (exact) mass is 438 g/mol. The van der Waals surface area contributed by atoms with E-state index in [1.165, 1.54) is 16.7 Å². The van der Waals surface area contributed by atoms with Gasteiger partial charge in [-0.25, -0.2) is 0 Å². The fourth-order valence-corrected chi connectivity index (χ4v) is 3.80. The molecule has 0 aliphatic carbocycles. The van der Waals surface area contributed by atoms with E-state index in [0.29, 0.717) is 17.6 Å². The number of methoxy groups -OCH3 is 1. The van der Waals surface area contributed by atoms with Gasteiger partial charge in [-0.1, -0.05) is 45.9 Å².